The monoisotopic (exact) mass is 295 g/mol. The molecule has 1 saturated heterocycles. The molecule has 0 bridgehead atoms. The van der Waals surface area contributed by atoms with Gasteiger partial charge in [-0.05, 0) is 24.8 Å². The Morgan fingerprint density at radius 2 is 2.10 bits per heavy atom. The lowest BCUT2D eigenvalue weighted by molar-refractivity contribution is 0.422. The van der Waals surface area contributed by atoms with Crippen LogP contribution in [0.5, 0.6) is 0 Å². The smallest absolute Gasteiger partial charge is 0.150 e. The molecule has 0 amide bonds. The Labute approximate surface area is 122 Å². The third kappa shape index (κ3) is 4.06. The van der Waals surface area contributed by atoms with Crippen molar-refractivity contribution in [3.63, 3.8) is 0 Å². The third-order valence-electron chi connectivity index (χ3n) is 4.05. The number of sulfone groups is 1. The summed E-state index contributed by atoms with van der Waals surface area (Å²) >= 11 is 0. The van der Waals surface area contributed by atoms with Crippen molar-refractivity contribution in [2.24, 2.45) is 5.92 Å². The largest absolute Gasteiger partial charge is 0.314 e. The van der Waals surface area contributed by atoms with Crippen LogP contribution in [0.1, 0.15) is 37.3 Å². The minimum absolute atomic E-state index is 0.244. The lowest BCUT2D eigenvalue weighted by Crippen LogP contribution is -2.31. The average Bonchev–Trinajstić information content (AvgIpc) is 2.69. The van der Waals surface area contributed by atoms with Crippen LogP contribution in [-0.4, -0.2) is 32.5 Å². The van der Waals surface area contributed by atoms with E-state index >= 15 is 0 Å². The van der Waals surface area contributed by atoms with Gasteiger partial charge in [-0.1, -0.05) is 43.7 Å². The molecule has 112 valence electrons. The Hall–Kier alpha value is -0.870. The second kappa shape index (κ2) is 6.27. The van der Waals surface area contributed by atoms with Gasteiger partial charge >= 0.3 is 0 Å². The molecule has 1 fully saturated rings. The van der Waals surface area contributed by atoms with Crippen molar-refractivity contribution in [1.82, 2.24) is 5.32 Å². The van der Waals surface area contributed by atoms with Crippen molar-refractivity contribution >= 4 is 9.84 Å². The quantitative estimate of drug-likeness (QED) is 0.908. The van der Waals surface area contributed by atoms with Gasteiger partial charge < -0.3 is 5.32 Å². The molecule has 2 unspecified atom stereocenters. The summed E-state index contributed by atoms with van der Waals surface area (Å²) in [6.45, 7) is 7.18. The average molecular weight is 295 g/mol. The fourth-order valence-corrected chi connectivity index (χ4v) is 4.84. The Kier molecular flexibility index (Phi) is 4.86. The number of hydrogen-bond donors (Lipinski definition) is 1. The summed E-state index contributed by atoms with van der Waals surface area (Å²) < 4.78 is 23.5. The molecule has 1 heterocycles. The van der Waals surface area contributed by atoms with E-state index in [9.17, 15) is 8.42 Å². The van der Waals surface area contributed by atoms with Gasteiger partial charge in [0.15, 0.2) is 9.84 Å². The normalized spacial score (nSPS) is 23.1. The fraction of sp³-hybridized carbons (Fsp3) is 0.625. The summed E-state index contributed by atoms with van der Waals surface area (Å²) in [6.07, 6.45) is 0.792. The first-order chi connectivity index (χ1) is 9.37. The van der Waals surface area contributed by atoms with Crippen molar-refractivity contribution in [1.29, 1.82) is 0 Å². The minimum atomic E-state index is -2.82. The lowest BCUT2D eigenvalue weighted by Gasteiger charge is -2.25. The molecule has 1 aliphatic rings. The van der Waals surface area contributed by atoms with Crippen molar-refractivity contribution in [3.05, 3.63) is 35.4 Å². The molecule has 1 aliphatic heterocycles. The summed E-state index contributed by atoms with van der Waals surface area (Å²) in [5, 5.41) is 3.47. The van der Waals surface area contributed by atoms with E-state index in [0.717, 1.165) is 13.0 Å². The van der Waals surface area contributed by atoms with E-state index in [2.05, 4.69) is 50.4 Å². The topological polar surface area (TPSA) is 46.2 Å². The molecule has 1 aromatic rings. The van der Waals surface area contributed by atoms with Gasteiger partial charge in [-0.15, -0.1) is 0 Å². The Morgan fingerprint density at radius 3 is 2.65 bits per heavy atom. The second-order valence-corrected chi connectivity index (χ2v) is 8.48. The molecule has 3 nitrogen and oxygen atoms in total. The molecule has 0 aliphatic carbocycles. The maximum Gasteiger partial charge on any atom is 0.150 e. The van der Waals surface area contributed by atoms with E-state index in [-0.39, 0.29) is 11.8 Å². The van der Waals surface area contributed by atoms with E-state index in [1.54, 1.807) is 0 Å². The highest BCUT2D eigenvalue weighted by Crippen LogP contribution is 2.33. The van der Waals surface area contributed by atoms with Crippen LogP contribution >= 0.6 is 0 Å². The summed E-state index contributed by atoms with van der Waals surface area (Å²) in [4.78, 5) is 0. The highest BCUT2D eigenvalue weighted by atomic mass is 32.2. The van der Waals surface area contributed by atoms with E-state index in [0.29, 0.717) is 17.5 Å². The molecule has 0 radical (unpaired) electrons. The molecule has 0 aromatic heterocycles. The maximum atomic E-state index is 11.8. The van der Waals surface area contributed by atoms with E-state index in [4.69, 9.17) is 0 Å². The molecule has 2 atom stereocenters. The first kappa shape index (κ1) is 15.5. The van der Waals surface area contributed by atoms with Gasteiger partial charge in [-0.3, -0.25) is 0 Å². The van der Waals surface area contributed by atoms with Crippen molar-refractivity contribution in [2.75, 3.05) is 18.1 Å². The van der Waals surface area contributed by atoms with Gasteiger partial charge in [0.1, 0.15) is 0 Å². The number of hydrogen-bond acceptors (Lipinski definition) is 3. The zero-order chi connectivity index (χ0) is 14.8. The minimum Gasteiger partial charge on any atom is -0.314 e. The van der Waals surface area contributed by atoms with Gasteiger partial charge in [0.25, 0.3) is 0 Å². The van der Waals surface area contributed by atoms with Crippen molar-refractivity contribution in [2.45, 2.75) is 39.2 Å². The Bertz CT molecular complexity index is 551. The summed E-state index contributed by atoms with van der Waals surface area (Å²) in [7, 11) is -2.82. The zero-order valence-corrected chi connectivity index (χ0v) is 13.4. The Balaban J connectivity index is 2.21. The molecular weight excluding hydrogens is 270 g/mol. The van der Waals surface area contributed by atoms with Gasteiger partial charge in [-0.2, -0.15) is 0 Å². The van der Waals surface area contributed by atoms with E-state index in [1.165, 1.54) is 11.1 Å². The number of benzene rings is 1. The summed E-state index contributed by atoms with van der Waals surface area (Å²) in [5.41, 5.74) is 2.50. The number of nitrogens with one attached hydrogen (secondary N) is 1. The van der Waals surface area contributed by atoms with E-state index in [1.807, 2.05) is 0 Å². The van der Waals surface area contributed by atoms with Crippen LogP contribution in [-0.2, 0) is 9.84 Å². The van der Waals surface area contributed by atoms with Gasteiger partial charge in [-0.25, -0.2) is 8.42 Å². The van der Waals surface area contributed by atoms with Crippen LogP contribution < -0.4 is 5.32 Å². The molecular formula is C16H25NO2S. The Morgan fingerprint density at radius 1 is 1.35 bits per heavy atom. The standard InChI is InChI=1S/C16H25NO2S/c1-12(2)17-10-16(14-6-4-5-13(3)9-14)15-7-8-20(18,19)11-15/h4-6,9,12,15-17H,7-8,10-11H2,1-3H3. The second-order valence-electron chi connectivity index (χ2n) is 6.25. The van der Waals surface area contributed by atoms with Crippen LogP contribution in [0, 0.1) is 12.8 Å². The first-order valence-corrected chi connectivity index (χ1v) is 9.20. The zero-order valence-electron chi connectivity index (χ0n) is 12.6. The molecule has 0 spiro atoms. The molecule has 0 saturated carbocycles. The molecule has 20 heavy (non-hydrogen) atoms. The van der Waals surface area contributed by atoms with Gasteiger partial charge in [0.2, 0.25) is 0 Å². The summed E-state index contributed by atoms with van der Waals surface area (Å²) in [5.74, 6) is 1.22. The summed E-state index contributed by atoms with van der Waals surface area (Å²) in [6, 6.07) is 8.89. The van der Waals surface area contributed by atoms with Crippen LogP contribution in [0.4, 0.5) is 0 Å². The van der Waals surface area contributed by atoms with Crippen LogP contribution in [0.3, 0.4) is 0 Å². The highest BCUT2D eigenvalue weighted by Gasteiger charge is 2.34. The number of rotatable bonds is 5. The van der Waals surface area contributed by atoms with Crippen molar-refractivity contribution in [3.8, 4) is 0 Å². The molecule has 1 aromatic carbocycles. The number of aryl methyl sites for hydroxylation is 1. The van der Waals surface area contributed by atoms with Crippen LogP contribution in [0.2, 0.25) is 0 Å². The van der Waals surface area contributed by atoms with Crippen LogP contribution in [0.15, 0.2) is 24.3 Å². The molecule has 1 N–H and O–H groups in total. The van der Waals surface area contributed by atoms with Gasteiger partial charge in [0.05, 0.1) is 11.5 Å². The fourth-order valence-electron chi connectivity index (χ4n) is 2.96. The molecule has 4 heteroatoms. The third-order valence-corrected chi connectivity index (χ3v) is 5.85. The predicted octanol–water partition coefficient (Wildman–Crippen LogP) is 2.51. The van der Waals surface area contributed by atoms with Crippen LogP contribution in [0.25, 0.3) is 0 Å². The SMILES string of the molecule is Cc1cccc(C(CNC(C)C)C2CCS(=O)(=O)C2)c1. The first-order valence-electron chi connectivity index (χ1n) is 7.38. The van der Waals surface area contributed by atoms with Gasteiger partial charge in [0, 0.05) is 18.5 Å². The van der Waals surface area contributed by atoms with Crippen molar-refractivity contribution < 1.29 is 8.42 Å². The lowest BCUT2D eigenvalue weighted by atomic mass is 9.85. The highest BCUT2D eigenvalue weighted by molar-refractivity contribution is 7.91. The maximum absolute atomic E-state index is 11.8. The van der Waals surface area contributed by atoms with E-state index < -0.39 is 9.84 Å². The predicted molar refractivity (Wildman–Crippen MR) is 83.8 cm³/mol. The molecule has 2 rings (SSSR count).